The molecule has 0 radical (unpaired) electrons. The van der Waals surface area contributed by atoms with E-state index in [-0.39, 0.29) is 23.4 Å². The monoisotopic (exact) mass is 354 g/mol. The molecule has 2 aliphatic rings. The van der Waals surface area contributed by atoms with Gasteiger partial charge in [-0.2, -0.15) is 0 Å². The van der Waals surface area contributed by atoms with E-state index in [1.807, 2.05) is 18.2 Å². The van der Waals surface area contributed by atoms with E-state index in [2.05, 4.69) is 42.4 Å². The topological polar surface area (TPSA) is 41.6 Å². The van der Waals surface area contributed by atoms with Crippen molar-refractivity contribution in [3.05, 3.63) is 54.6 Å². The van der Waals surface area contributed by atoms with Crippen molar-refractivity contribution in [2.45, 2.75) is 44.7 Å². The summed E-state index contributed by atoms with van der Waals surface area (Å²) in [4.78, 5) is 15.4. The van der Waals surface area contributed by atoms with Gasteiger partial charge < -0.3 is 15.0 Å². The summed E-state index contributed by atoms with van der Waals surface area (Å²) in [6.07, 6.45) is 6.97. The van der Waals surface area contributed by atoms with Crippen molar-refractivity contribution in [3.63, 3.8) is 0 Å². The summed E-state index contributed by atoms with van der Waals surface area (Å²) in [6, 6.07) is 6.63. The van der Waals surface area contributed by atoms with Crippen LogP contribution in [0.4, 0.5) is 0 Å². The molecule has 3 rings (SSSR count). The fourth-order valence-electron chi connectivity index (χ4n) is 4.71. The predicted octanol–water partition coefficient (Wildman–Crippen LogP) is 3.64. The lowest BCUT2D eigenvalue weighted by Gasteiger charge is -2.38. The Morgan fingerprint density at radius 1 is 1.35 bits per heavy atom. The van der Waals surface area contributed by atoms with Gasteiger partial charge in [0.25, 0.3) is 0 Å². The van der Waals surface area contributed by atoms with Crippen LogP contribution in [0.2, 0.25) is 0 Å². The minimum Gasteiger partial charge on any atom is -0.497 e. The molecule has 1 aromatic rings. The zero-order valence-corrected chi connectivity index (χ0v) is 16.0. The van der Waals surface area contributed by atoms with Gasteiger partial charge in [0.1, 0.15) is 5.75 Å². The number of piperazine rings is 1. The Morgan fingerprint density at radius 2 is 2.08 bits per heavy atom. The number of nitrogens with zero attached hydrogens (tertiary/aromatic N) is 1. The first-order valence-corrected chi connectivity index (χ1v) is 9.53. The summed E-state index contributed by atoms with van der Waals surface area (Å²) in [5.41, 5.74) is 2.18. The Hall–Kier alpha value is -2.07. The van der Waals surface area contributed by atoms with E-state index < -0.39 is 0 Å². The largest absolute Gasteiger partial charge is 0.497 e. The fraction of sp³-hybridized carbons (Fsp3) is 0.500. The van der Waals surface area contributed by atoms with Crippen molar-refractivity contribution in [3.8, 4) is 5.75 Å². The highest BCUT2D eigenvalue weighted by Gasteiger charge is 2.53. The van der Waals surface area contributed by atoms with Crippen LogP contribution in [0.5, 0.6) is 5.75 Å². The van der Waals surface area contributed by atoms with Gasteiger partial charge in [0.05, 0.1) is 24.6 Å². The number of hydrogen-bond donors (Lipinski definition) is 1. The average Bonchev–Trinajstić information content (AvgIpc) is 2.94. The summed E-state index contributed by atoms with van der Waals surface area (Å²) in [7, 11) is 1.70. The highest BCUT2D eigenvalue weighted by Crippen LogP contribution is 2.47. The van der Waals surface area contributed by atoms with Gasteiger partial charge in [-0.3, -0.25) is 4.79 Å². The van der Waals surface area contributed by atoms with Crippen molar-refractivity contribution < 1.29 is 9.53 Å². The molecule has 26 heavy (non-hydrogen) atoms. The number of carbonyl (C=O) groups excluding carboxylic acids is 1. The van der Waals surface area contributed by atoms with Crippen molar-refractivity contribution in [2.24, 2.45) is 5.41 Å². The van der Waals surface area contributed by atoms with Gasteiger partial charge in [-0.05, 0) is 48.9 Å². The Morgan fingerprint density at radius 3 is 2.69 bits per heavy atom. The molecule has 1 N–H and O–H groups in total. The van der Waals surface area contributed by atoms with Gasteiger partial charge in [-0.1, -0.05) is 25.1 Å². The first-order chi connectivity index (χ1) is 12.6. The predicted molar refractivity (Wildman–Crippen MR) is 105 cm³/mol. The molecule has 4 heteroatoms. The summed E-state index contributed by atoms with van der Waals surface area (Å²) in [6.45, 7) is 11.5. The average molecular weight is 354 g/mol. The maximum Gasteiger partial charge on any atom is 0.229 e. The molecule has 2 saturated heterocycles. The molecule has 1 amide bonds. The van der Waals surface area contributed by atoms with Crippen LogP contribution in [0.3, 0.4) is 0 Å². The number of benzene rings is 1. The Balaban J connectivity index is 1.97. The standard InChI is InChI=1S/C22H30N2O2/c1-5-10-22(11-6-2)15-19-20(23-12-13-24(19)21(22)25)18-9-8-17(26-4)14-16(18)7-3/h5-6,8-9,14,19-20,23H,1-2,7,10-13,15H2,3-4H3. The minimum absolute atomic E-state index is 0.157. The molecule has 0 bridgehead atoms. The van der Waals surface area contributed by atoms with Gasteiger partial charge in [-0.25, -0.2) is 0 Å². The fourth-order valence-corrected chi connectivity index (χ4v) is 4.71. The zero-order valence-electron chi connectivity index (χ0n) is 16.0. The number of allylic oxidation sites excluding steroid dienone is 2. The number of nitrogens with one attached hydrogen (secondary N) is 1. The molecule has 4 nitrogen and oxygen atoms in total. The third-order valence-electron chi connectivity index (χ3n) is 5.95. The Bertz CT molecular complexity index is 687. The number of aryl methyl sites for hydroxylation is 1. The van der Waals surface area contributed by atoms with Crippen molar-refractivity contribution >= 4 is 5.91 Å². The second-order valence-corrected chi connectivity index (χ2v) is 7.39. The lowest BCUT2D eigenvalue weighted by atomic mass is 9.77. The maximum absolute atomic E-state index is 13.3. The number of amides is 1. The highest BCUT2D eigenvalue weighted by molar-refractivity contribution is 5.86. The van der Waals surface area contributed by atoms with Gasteiger partial charge in [0.2, 0.25) is 5.91 Å². The van der Waals surface area contributed by atoms with E-state index in [1.54, 1.807) is 7.11 Å². The number of carbonyl (C=O) groups is 1. The van der Waals surface area contributed by atoms with Crippen LogP contribution in [0.1, 0.15) is 43.4 Å². The first kappa shape index (κ1) is 18.7. The highest BCUT2D eigenvalue weighted by atomic mass is 16.5. The lowest BCUT2D eigenvalue weighted by Crippen LogP contribution is -2.51. The molecular weight excluding hydrogens is 324 g/mol. The van der Waals surface area contributed by atoms with E-state index in [1.165, 1.54) is 11.1 Å². The van der Waals surface area contributed by atoms with Crippen LogP contribution in [0, 0.1) is 5.41 Å². The third-order valence-corrected chi connectivity index (χ3v) is 5.95. The Labute approximate surface area is 156 Å². The lowest BCUT2D eigenvalue weighted by molar-refractivity contribution is -0.137. The molecule has 2 aliphatic heterocycles. The van der Waals surface area contributed by atoms with Crippen molar-refractivity contribution in [2.75, 3.05) is 20.2 Å². The van der Waals surface area contributed by atoms with Gasteiger partial charge in [0, 0.05) is 13.1 Å². The molecule has 0 saturated carbocycles. The van der Waals surface area contributed by atoms with Crippen LogP contribution < -0.4 is 10.1 Å². The molecular formula is C22H30N2O2. The van der Waals surface area contributed by atoms with Gasteiger partial charge in [0.15, 0.2) is 0 Å². The van der Waals surface area contributed by atoms with Crippen LogP contribution in [-0.2, 0) is 11.2 Å². The second kappa shape index (κ2) is 7.67. The molecule has 2 atom stereocenters. The maximum atomic E-state index is 13.3. The molecule has 0 aromatic heterocycles. The smallest absolute Gasteiger partial charge is 0.229 e. The van der Waals surface area contributed by atoms with E-state index in [0.717, 1.165) is 31.7 Å². The van der Waals surface area contributed by atoms with E-state index in [9.17, 15) is 4.79 Å². The number of rotatable bonds is 7. The summed E-state index contributed by atoms with van der Waals surface area (Å²) >= 11 is 0. The van der Waals surface area contributed by atoms with Crippen LogP contribution >= 0.6 is 0 Å². The summed E-state index contributed by atoms with van der Waals surface area (Å²) in [5.74, 6) is 1.15. The molecule has 2 unspecified atom stereocenters. The number of ether oxygens (including phenoxy) is 1. The number of methoxy groups -OCH3 is 1. The third kappa shape index (κ3) is 3.07. The van der Waals surface area contributed by atoms with Crippen LogP contribution in [0.25, 0.3) is 0 Å². The normalized spacial score (nSPS) is 24.2. The number of fused-ring (bicyclic) bond motifs is 1. The molecule has 2 heterocycles. The molecule has 0 spiro atoms. The molecule has 0 aliphatic carbocycles. The molecule has 2 fully saturated rings. The van der Waals surface area contributed by atoms with E-state index >= 15 is 0 Å². The van der Waals surface area contributed by atoms with Crippen molar-refractivity contribution in [1.82, 2.24) is 10.2 Å². The second-order valence-electron chi connectivity index (χ2n) is 7.39. The Kier molecular flexibility index (Phi) is 5.52. The van der Waals surface area contributed by atoms with Gasteiger partial charge >= 0.3 is 0 Å². The van der Waals surface area contributed by atoms with E-state index in [0.29, 0.717) is 12.8 Å². The molecule has 1 aromatic carbocycles. The van der Waals surface area contributed by atoms with Crippen molar-refractivity contribution in [1.29, 1.82) is 0 Å². The zero-order chi connectivity index (χ0) is 18.7. The summed E-state index contributed by atoms with van der Waals surface area (Å²) < 4.78 is 5.39. The van der Waals surface area contributed by atoms with E-state index in [4.69, 9.17) is 4.74 Å². The minimum atomic E-state index is -0.378. The first-order valence-electron chi connectivity index (χ1n) is 9.53. The van der Waals surface area contributed by atoms with Crippen LogP contribution in [0.15, 0.2) is 43.5 Å². The quantitative estimate of drug-likeness (QED) is 0.760. The van der Waals surface area contributed by atoms with Gasteiger partial charge in [-0.15, -0.1) is 13.2 Å². The summed E-state index contributed by atoms with van der Waals surface area (Å²) in [5, 5.41) is 3.68. The number of hydrogen-bond acceptors (Lipinski definition) is 3. The molecule has 140 valence electrons. The van der Waals surface area contributed by atoms with Crippen LogP contribution in [-0.4, -0.2) is 37.0 Å². The SMILES string of the molecule is C=CCC1(CC=C)CC2C(c3ccc(OC)cc3CC)NCCN2C1=O.